The number of carbonyl (C=O) groups excluding carboxylic acids is 2. The highest BCUT2D eigenvalue weighted by Gasteiger charge is 2.23. The largest absolute Gasteiger partial charge is 0.493 e. The van der Waals surface area contributed by atoms with E-state index in [1.54, 1.807) is 60.7 Å². The number of aliphatic carboxylic acids is 1. The van der Waals surface area contributed by atoms with E-state index in [0.29, 0.717) is 29.0 Å². The van der Waals surface area contributed by atoms with Gasteiger partial charge in [-0.3, -0.25) is 14.4 Å². The first kappa shape index (κ1) is 31.7. The van der Waals surface area contributed by atoms with E-state index in [1.165, 1.54) is 25.2 Å². The van der Waals surface area contributed by atoms with Gasteiger partial charge in [0.25, 0.3) is 11.8 Å². The van der Waals surface area contributed by atoms with Gasteiger partial charge in [-0.25, -0.2) is 8.78 Å². The predicted octanol–water partition coefficient (Wildman–Crippen LogP) is 5.74. The lowest BCUT2D eigenvalue weighted by Gasteiger charge is -2.24. The molecule has 4 aromatic rings. The third-order valence-electron chi connectivity index (χ3n) is 7.11. The molecule has 0 atom stereocenters. The van der Waals surface area contributed by atoms with Gasteiger partial charge < -0.3 is 24.8 Å². The Kier molecular flexibility index (Phi) is 10.6. The first-order chi connectivity index (χ1) is 21.2. The number of hydrogen-bond donors (Lipinski definition) is 2. The summed E-state index contributed by atoms with van der Waals surface area (Å²) in [5, 5.41) is 11.9. The van der Waals surface area contributed by atoms with Gasteiger partial charge in [-0.1, -0.05) is 48.5 Å². The standard InChI is InChI=1S/C34H32F2N2O6/c1-43-30-15-14-22(20-31(30)44-2)16-18-38(19-17-32(39)40)34(42)26-11-6-4-9-24(26)23-8-3-5-10-25(23)33(41)37-21-27-28(35)12-7-13-29(27)36/h3-15,20H,16-19,21H2,1-2H3,(H,37,41)(H,39,40). The zero-order chi connectivity index (χ0) is 31.6. The summed E-state index contributed by atoms with van der Waals surface area (Å²) >= 11 is 0. The number of benzene rings is 4. The molecule has 2 amide bonds. The fourth-order valence-electron chi connectivity index (χ4n) is 4.80. The van der Waals surface area contributed by atoms with Gasteiger partial charge in [0.2, 0.25) is 0 Å². The predicted molar refractivity (Wildman–Crippen MR) is 161 cm³/mol. The topological polar surface area (TPSA) is 105 Å². The van der Waals surface area contributed by atoms with Crippen molar-refractivity contribution in [3.05, 3.63) is 119 Å². The highest BCUT2D eigenvalue weighted by atomic mass is 19.1. The number of hydrogen-bond acceptors (Lipinski definition) is 5. The van der Waals surface area contributed by atoms with Crippen molar-refractivity contribution in [3.63, 3.8) is 0 Å². The molecule has 10 heteroatoms. The van der Waals surface area contributed by atoms with Crippen molar-refractivity contribution in [3.8, 4) is 22.6 Å². The minimum Gasteiger partial charge on any atom is -0.493 e. The molecule has 0 radical (unpaired) electrons. The molecule has 0 aromatic heterocycles. The van der Waals surface area contributed by atoms with E-state index in [0.717, 1.165) is 17.7 Å². The van der Waals surface area contributed by atoms with Gasteiger partial charge in [0.15, 0.2) is 11.5 Å². The van der Waals surface area contributed by atoms with Crippen molar-refractivity contribution in [2.45, 2.75) is 19.4 Å². The molecule has 44 heavy (non-hydrogen) atoms. The number of carboxylic acid groups (broad SMARTS) is 1. The van der Waals surface area contributed by atoms with Crippen molar-refractivity contribution in [2.24, 2.45) is 0 Å². The summed E-state index contributed by atoms with van der Waals surface area (Å²) in [5.74, 6) is -2.49. The van der Waals surface area contributed by atoms with Crippen molar-refractivity contribution in [2.75, 3.05) is 27.3 Å². The molecular weight excluding hydrogens is 570 g/mol. The van der Waals surface area contributed by atoms with Crippen LogP contribution >= 0.6 is 0 Å². The van der Waals surface area contributed by atoms with Crippen LogP contribution in [-0.4, -0.2) is 55.1 Å². The maximum atomic E-state index is 14.1. The van der Waals surface area contributed by atoms with Gasteiger partial charge in [0, 0.05) is 36.3 Å². The van der Waals surface area contributed by atoms with Gasteiger partial charge in [0.1, 0.15) is 11.6 Å². The Morgan fingerprint density at radius 3 is 2.02 bits per heavy atom. The maximum Gasteiger partial charge on any atom is 0.305 e. The molecule has 0 aliphatic rings. The summed E-state index contributed by atoms with van der Waals surface area (Å²) < 4.78 is 38.9. The molecule has 0 fully saturated rings. The summed E-state index contributed by atoms with van der Waals surface area (Å²) in [6.45, 7) is -0.191. The average molecular weight is 603 g/mol. The normalized spacial score (nSPS) is 10.6. The summed E-state index contributed by atoms with van der Waals surface area (Å²) in [6, 6.07) is 22.2. The molecule has 4 rings (SSSR count). The smallest absolute Gasteiger partial charge is 0.305 e. The van der Waals surface area contributed by atoms with Gasteiger partial charge in [-0.05, 0) is 59.5 Å². The Balaban J connectivity index is 1.61. The van der Waals surface area contributed by atoms with Gasteiger partial charge >= 0.3 is 5.97 Å². The number of nitrogens with one attached hydrogen (secondary N) is 1. The summed E-state index contributed by atoms with van der Waals surface area (Å²) in [5.41, 5.74) is 1.94. The highest BCUT2D eigenvalue weighted by Crippen LogP contribution is 2.30. The van der Waals surface area contributed by atoms with Crippen LogP contribution in [0.5, 0.6) is 11.5 Å². The van der Waals surface area contributed by atoms with Crippen LogP contribution in [0, 0.1) is 11.6 Å². The monoisotopic (exact) mass is 602 g/mol. The molecule has 0 aliphatic heterocycles. The number of amides is 2. The van der Waals surface area contributed by atoms with Crippen LogP contribution in [0.3, 0.4) is 0 Å². The number of methoxy groups -OCH3 is 2. The van der Waals surface area contributed by atoms with E-state index in [-0.39, 0.29) is 42.7 Å². The fraction of sp³-hybridized carbons (Fsp3) is 0.206. The van der Waals surface area contributed by atoms with Crippen molar-refractivity contribution in [1.29, 1.82) is 0 Å². The number of halogens is 2. The Labute approximate surface area is 253 Å². The van der Waals surface area contributed by atoms with Crippen LogP contribution < -0.4 is 14.8 Å². The molecule has 0 saturated carbocycles. The molecule has 0 aliphatic carbocycles. The minimum atomic E-state index is -1.05. The third-order valence-corrected chi connectivity index (χ3v) is 7.11. The summed E-state index contributed by atoms with van der Waals surface area (Å²) in [6.07, 6.45) is 0.158. The van der Waals surface area contributed by atoms with E-state index in [1.807, 2.05) is 6.07 Å². The molecule has 0 saturated heterocycles. The fourth-order valence-corrected chi connectivity index (χ4v) is 4.80. The lowest BCUT2D eigenvalue weighted by Crippen LogP contribution is -2.35. The zero-order valence-electron chi connectivity index (χ0n) is 24.3. The molecule has 0 heterocycles. The average Bonchev–Trinajstić information content (AvgIpc) is 3.03. The SMILES string of the molecule is COc1ccc(CCN(CCC(=O)O)C(=O)c2ccccc2-c2ccccc2C(=O)NCc2c(F)cccc2F)cc1OC. The maximum absolute atomic E-state index is 14.1. The van der Waals surface area contributed by atoms with Gasteiger partial charge in [-0.15, -0.1) is 0 Å². The van der Waals surface area contributed by atoms with Crippen LogP contribution in [0.15, 0.2) is 84.9 Å². The quantitative estimate of drug-likeness (QED) is 0.202. The molecular formula is C34H32F2N2O6. The Bertz CT molecular complexity index is 1640. The first-order valence-corrected chi connectivity index (χ1v) is 13.8. The second kappa shape index (κ2) is 14.8. The molecule has 228 valence electrons. The minimum absolute atomic E-state index is 0.0356. The molecule has 2 N–H and O–H groups in total. The molecule has 0 unspecified atom stereocenters. The van der Waals surface area contributed by atoms with Crippen LogP contribution in [0.25, 0.3) is 11.1 Å². The second-order valence-electron chi connectivity index (χ2n) is 9.85. The van der Waals surface area contributed by atoms with Crippen molar-refractivity contribution in [1.82, 2.24) is 10.2 Å². The van der Waals surface area contributed by atoms with E-state index in [4.69, 9.17) is 9.47 Å². The zero-order valence-corrected chi connectivity index (χ0v) is 24.3. The molecule has 4 aromatic carbocycles. The number of nitrogens with zero attached hydrogens (tertiary/aromatic N) is 1. The van der Waals surface area contributed by atoms with Crippen molar-refractivity contribution < 1.29 is 37.7 Å². The summed E-state index contributed by atoms with van der Waals surface area (Å²) in [7, 11) is 3.06. The van der Waals surface area contributed by atoms with E-state index in [2.05, 4.69) is 5.32 Å². The Morgan fingerprint density at radius 2 is 1.39 bits per heavy atom. The number of ether oxygens (including phenoxy) is 2. The number of rotatable bonds is 13. The third kappa shape index (κ3) is 7.57. The summed E-state index contributed by atoms with van der Waals surface area (Å²) in [4.78, 5) is 40.1. The number of carboxylic acids is 1. The van der Waals surface area contributed by atoms with Crippen LogP contribution in [0.4, 0.5) is 8.78 Å². The van der Waals surface area contributed by atoms with Crippen molar-refractivity contribution >= 4 is 17.8 Å². The van der Waals surface area contributed by atoms with Crippen LogP contribution in [0.1, 0.15) is 38.3 Å². The van der Waals surface area contributed by atoms with Crippen LogP contribution in [0.2, 0.25) is 0 Å². The van der Waals surface area contributed by atoms with Crippen LogP contribution in [-0.2, 0) is 17.8 Å². The van der Waals surface area contributed by atoms with E-state index >= 15 is 0 Å². The number of carbonyl (C=O) groups is 3. The van der Waals surface area contributed by atoms with Gasteiger partial charge in [-0.2, -0.15) is 0 Å². The lowest BCUT2D eigenvalue weighted by atomic mass is 9.94. The Hall–Kier alpha value is -5.25. The second-order valence-corrected chi connectivity index (χ2v) is 9.85. The molecule has 0 spiro atoms. The molecule has 0 bridgehead atoms. The van der Waals surface area contributed by atoms with E-state index in [9.17, 15) is 28.3 Å². The Morgan fingerprint density at radius 1 is 0.773 bits per heavy atom. The highest BCUT2D eigenvalue weighted by molar-refractivity contribution is 6.06. The lowest BCUT2D eigenvalue weighted by molar-refractivity contribution is -0.137. The van der Waals surface area contributed by atoms with E-state index < -0.39 is 29.4 Å². The van der Waals surface area contributed by atoms with Gasteiger partial charge in [0.05, 0.1) is 20.6 Å². The first-order valence-electron chi connectivity index (χ1n) is 13.8. The molecule has 8 nitrogen and oxygen atoms in total.